The Labute approximate surface area is 148 Å². The first kappa shape index (κ1) is 17.6. The van der Waals surface area contributed by atoms with Crippen molar-refractivity contribution in [3.8, 4) is 0 Å². The van der Waals surface area contributed by atoms with Crippen LogP contribution in [-0.2, 0) is 22.4 Å². The summed E-state index contributed by atoms with van der Waals surface area (Å²) in [5, 5.41) is 2.75. The minimum atomic E-state index is -0.163. The minimum Gasteiger partial charge on any atom is -0.356 e. The number of carbonyl (C=O) groups is 3. The summed E-state index contributed by atoms with van der Waals surface area (Å²) in [4.78, 5) is 37.9. The highest BCUT2D eigenvalue weighted by Gasteiger charge is 2.18. The number of ketones is 1. The Hall–Kier alpha value is -2.17. The standard InChI is InChI=1S/C20H26N2O3/c23-18(17-7-6-15-4-3-5-16(15)14-17)8-9-19(24)21-11-10-20(25)22-12-1-2-13-22/h6-7,14H,1-5,8-13H2,(H,21,24). The lowest BCUT2D eigenvalue weighted by Crippen LogP contribution is -2.32. The van der Waals surface area contributed by atoms with E-state index in [1.807, 2.05) is 23.1 Å². The van der Waals surface area contributed by atoms with E-state index < -0.39 is 0 Å². The molecule has 0 radical (unpaired) electrons. The third-order valence-corrected chi connectivity index (χ3v) is 5.12. The highest BCUT2D eigenvalue weighted by Crippen LogP contribution is 2.23. The predicted octanol–water partition coefficient (Wildman–Crippen LogP) is 2.27. The molecule has 0 spiro atoms. The van der Waals surface area contributed by atoms with E-state index in [1.54, 1.807) is 0 Å². The second-order valence-corrected chi connectivity index (χ2v) is 6.95. The van der Waals surface area contributed by atoms with Crippen LogP contribution in [0.1, 0.15) is 60.0 Å². The molecule has 25 heavy (non-hydrogen) atoms. The van der Waals surface area contributed by atoms with Crippen molar-refractivity contribution in [1.29, 1.82) is 0 Å². The molecule has 0 aromatic heterocycles. The van der Waals surface area contributed by atoms with Crippen molar-refractivity contribution >= 4 is 17.6 Å². The number of hydrogen-bond donors (Lipinski definition) is 1. The van der Waals surface area contributed by atoms with E-state index in [-0.39, 0.29) is 30.4 Å². The molecule has 5 nitrogen and oxygen atoms in total. The summed E-state index contributed by atoms with van der Waals surface area (Å²) in [7, 11) is 0. The van der Waals surface area contributed by atoms with E-state index in [2.05, 4.69) is 5.32 Å². The normalized spacial score (nSPS) is 15.9. The summed E-state index contributed by atoms with van der Waals surface area (Å²) in [5.41, 5.74) is 3.32. The van der Waals surface area contributed by atoms with Crippen LogP contribution in [0.4, 0.5) is 0 Å². The molecule has 1 aliphatic heterocycles. The number of nitrogens with one attached hydrogen (secondary N) is 1. The van der Waals surface area contributed by atoms with Gasteiger partial charge in [-0.3, -0.25) is 14.4 Å². The monoisotopic (exact) mass is 342 g/mol. The maximum Gasteiger partial charge on any atom is 0.224 e. The third-order valence-electron chi connectivity index (χ3n) is 5.12. The molecule has 1 aliphatic carbocycles. The van der Waals surface area contributed by atoms with E-state index in [1.165, 1.54) is 11.1 Å². The van der Waals surface area contributed by atoms with Crippen molar-refractivity contribution in [3.05, 3.63) is 34.9 Å². The first-order chi connectivity index (χ1) is 12.1. The Morgan fingerprint density at radius 3 is 2.48 bits per heavy atom. The quantitative estimate of drug-likeness (QED) is 0.773. The number of aryl methyl sites for hydroxylation is 2. The van der Waals surface area contributed by atoms with Crippen LogP contribution in [0.15, 0.2) is 18.2 Å². The van der Waals surface area contributed by atoms with Gasteiger partial charge in [-0.25, -0.2) is 0 Å². The van der Waals surface area contributed by atoms with Gasteiger partial charge in [-0.2, -0.15) is 0 Å². The zero-order valence-electron chi connectivity index (χ0n) is 14.7. The predicted molar refractivity (Wildman–Crippen MR) is 95.5 cm³/mol. The Morgan fingerprint density at radius 2 is 1.68 bits per heavy atom. The number of benzene rings is 1. The van der Waals surface area contributed by atoms with Crippen LogP contribution in [0, 0.1) is 0 Å². The first-order valence-corrected chi connectivity index (χ1v) is 9.33. The lowest BCUT2D eigenvalue weighted by atomic mass is 10.0. The molecule has 134 valence electrons. The molecule has 5 heteroatoms. The van der Waals surface area contributed by atoms with Gasteiger partial charge in [0.05, 0.1) is 0 Å². The Kier molecular flexibility index (Phi) is 5.84. The fraction of sp³-hybridized carbons (Fsp3) is 0.550. The smallest absolute Gasteiger partial charge is 0.224 e. The summed E-state index contributed by atoms with van der Waals surface area (Å²) in [6, 6.07) is 5.90. The van der Waals surface area contributed by atoms with E-state index in [0.717, 1.165) is 45.2 Å². The molecule has 1 saturated heterocycles. The second kappa shape index (κ2) is 8.28. The van der Waals surface area contributed by atoms with Gasteiger partial charge in [0.1, 0.15) is 0 Å². The maximum atomic E-state index is 12.3. The van der Waals surface area contributed by atoms with Gasteiger partial charge in [0, 0.05) is 44.5 Å². The SMILES string of the molecule is O=C(CCC(=O)c1ccc2c(c1)CCC2)NCCC(=O)N1CCCC1. The van der Waals surface area contributed by atoms with Gasteiger partial charge in [0.2, 0.25) is 11.8 Å². The van der Waals surface area contributed by atoms with E-state index in [4.69, 9.17) is 0 Å². The maximum absolute atomic E-state index is 12.3. The number of nitrogens with zero attached hydrogens (tertiary/aromatic N) is 1. The number of Topliss-reactive ketones (excluding diaryl/α,β-unsaturated/α-hetero) is 1. The molecule has 1 heterocycles. The molecule has 1 N–H and O–H groups in total. The van der Waals surface area contributed by atoms with Crippen LogP contribution >= 0.6 is 0 Å². The summed E-state index contributed by atoms with van der Waals surface area (Å²) < 4.78 is 0. The lowest BCUT2D eigenvalue weighted by Gasteiger charge is -2.15. The molecule has 2 amide bonds. The van der Waals surface area contributed by atoms with Crippen LogP contribution in [0.3, 0.4) is 0 Å². The minimum absolute atomic E-state index is 0.0120. The summed E-state index contributed by atoms with van der Waals surface area (Å²) in [6.07, 6.45) is 6.17. The molecular weight excluding hydrogens is 316 g/mol. The van der Waals surface area contributed by atoms with Crippen molar-refractivity contribution in [2.45, 2.75) is 51.4 Å². The van der Waals surface area contributed by atoms with Gasteiger partial charge >= 0.3 is 0 Å². The van der Waals surface area contributed by atoms with Crippen LogP contribution in [-0.4, -0.2) is 42.1 Å². The molecular formula is C20H26N2O3. The topological polar surface area (TPSA) is 66.5 Å². The van der Waals surface area contributed by atoms with Crippen molar-refractivity contribution in [2.75, 3.05) is 19.6 Å². The number of likely N-dealkylation sites (tertiary alicyclic amines) is 1. The van der Waals surface area contributed by atoms with E-state index in [9.17, 15) is 14.4 Å². The molecule has 0 bridgehead atoms. The molecule has 2 aliphatic rings. The van der Waals surface area contributed by atoms with Gasteiger partial charge in [-0.15, -0.1) is 0 Å². The van der Waals surface area contributed by atoms with Gasteiger partial charge in [-0.1, -0.05) is 12.1 Å². The fourth-order valence-electron chi connectivity index (χ4n) is 3.64. The first-order valence-electron chi connectivity index (χ1n) is 9.33. The Bertz CT molecular complexity index is 663. The summed E-state index contributed by atoms with van der Waals surface area (Å²) in [5.74, 6) is -0.0475. The van der Waals surface area contributed by atoms with Gasteiger partial charge in [0.25, 0.3) is 0 Å². The van der Waals surface area contributed by atoms with Crippen LogP contribution in [0.25, 0.3) is 0 Å². The van der Waals surface area contributed by atoms with Gasteiger partial charge in [0.15, 0.2) is 5.78 Å². The average Bonchev–Trinajstić information content (AvgIpc) is 3.30. The fourth-order valence-corrected chi connectivity index (χ4v) is 3.64. The van der Waals surface area contributed by atoms with Crippen molar-refractivity contribution in [1.82, 2.24) is 10.2 Å². The van der Waals surface area contributed by atoms with E-state index >= 15 is 0 Å². The molecule has 0 atom stereocenters. The summed E-state index contributed by atoms with van der Waals surface area (Å²) in [6.45, 7) is 2.02. The largest absolute Gasteiger partial charge is 0.356 e. The average molecular weight is 342 g/mol. The van der Waals surface area contributed by atoms with Crippen LogP contribution < -0.4 is 5.32 Å². The van der Waals surface area contributed by atoms with Crippen LogP contribution in [0.2, 0.25) is 0 Å². The van der Waals surface area contributed by atoms with Crippen molar-refractivity contribution < 1.29 is 14.4 Å². The zero-order valence-corrected chi connectivity index (χ0v) is 14.7. The van der Waals surface area contributed by atoms with Gasteiger partial charge in [-0.05, 0) is 49.3 Å². The molecule has 1 aromatic rings. The zero-order chi connectivity index (χ0) is 17.6. The molecule has 3 rings (SSSR count). The van der Waals surface area contributed by atoms with E-state index in [0.29, 0.717) is 18.5 Å². The number of rotatable bonds is 7. The Morgan fingerprint density at radius 1 is 0.920 bits per heavy atom. The molecule has 0 unspecified atom stereocenters. The number of amides is 2. The molecule has 0 saturated carbocycles. The third kappa shape index (κ3) is 4.68. The Balaban J connectivity index is 1.37. The highest BCUT2D eigenvalue weighted by atomic mass is 16.2. The van der Waals surface area contributed by atoms with Crippen molar-refractivity contribution in [3.63, 3.8) is 0 Å². The lowest BCUT2D eigenvalue weighted by molar-refractivity contribution is -0.130. The van der Waals surface area contributed by atoms with Crippen molar-refractivity contribution in [2.24, 2.45) is 0 Å². The summed E-state index contributed by atoms with van der Waals surface area (Å²) >= 11 is 0. The number of fused-ring (bicyclic) bond motifs is 1. The second-order valence-electron chi connectivity index (χ2n) is 6.95. The number of carbonyl (C=O) groups excluding carboxylic acids is 3. The van der Waals surface area contributed by atoms with Gasteiger partial charge < -0.3 is 10.2 Å². The molecule has 1 aromatic carbocycles. The molecule has 1 fully saturated rings. The number of hydrogen-bond acceptors (Lipinski definition) is 3. The van der Waals surface area contributed by atoms with Crippen LogP contribution in [0.5, 0.6) is 0 Å². The highest BCUT2D eigenvalue weighted by molar-refractivity contribution is 5.98.